The van der Waals surface area contributed by atoms with Gasteiger partial charge >= 0.3 is 0 Å². The summed E-state index contributed by atoms with van der Waals surface area (Å²) < 4.78 is 0. The smallest absolute Gasteiger partial charge is 0.0358 e. The Kier molecular flexibility index (Phi) is 1.69. The molecule has 2 heteroatoms. The van der Waals surface area contributed by atoms with E-state index in [2.05, 4.69) is 12.4 Å². The molecule has 0 aromatic carbocycles. The standard InChI is InChI=1S/C9H18N2/c1-11-9(6-10,7-2-3-7)8-4-5-8/h7-8,11H,2-6,10H2,1H3. The van der Waals surface area contributed by atoms with Gasteiger partial charge in [0.25, 0.3) is 0 Å². The van der Waals surface area contributed by atoms with E-state index in [0.717, 1.165) is 18.4 Å². The van der Waals surface area contributed by atoms with Crippen molar-refractivity contribution >= 4 is 0 Å². The highest BCUT2D eigenvalue weighted by Gasteiger charge is 2.52. The number of nitrogens with one attached hydrogen (secondary N) is 1. The molecule has 2 rings (SSSR count). The number of rotatable bonds is 4. The number of nitrogens with two attached hydrogens (primary N) is 1. The Morgan fingerprint density at radius 1 is 1.27 bits per heavy atom. The van der Waals surface area contributed by atoms with E-state index >= 15 is 0 Å². The van der Waals surface area contributed by atoms with Crippen LogP contribution in [0.1, 0.15) is 25.7 Å². The van der Waals surface area contributed by atoms with Crippen molar-refractivity contribution in [2.45, 2.75) is 31.2 Å². The molecular weight excluding hydrogens is 136 g/mol. The highest BCUT2D eigenvalue weighted by atomic mass is 15.0. The topological polar surface area (TPSA) is 38.0 Å². The summed E-state index contributed by atoms with van der Waals surface area (Å²) in [5.74, 6) is 1.79. The van der Waals surface area contributed by atoms with Crippen LogP contribution in [0.5, 0.6) is 0 Å². The lowest BCUT2D eigenvalue weighted by Gasteiger charge is -2.32. The number of hydrogen-bond donors (Lipinski definition) is 2. The van der Waals surface area contributed by atoms with Gasteiger partial charge in [-0.3, -0.25) is 0 Å². The summed E-state index contributed by atoms with van der Waals surface area (Å²) >= 11 is 0. The highest BCUT2D eigenvalue weighted by molar-refractivity contribution is 5.09. The third-order valence-corrected chi connectivity index (χ3v) is 3.41. The van der Waals surface area contributed by atoms with Crippen LogP contribution >= 0.6 is 0 Å². The van der Waals surface area contributed by atoms with Gasteiger partial charge in [-0.2, -0.15) is 0 Å². The largest absolute Gasteiger partial charge is 0.329 e. The predicted octanol–water partition coefficient (Wildman–Crippen LogP) is 0.723. The van der Waals surface area contributed by atoms with Crippen molar-refractivity contribution in [2.75, 3.05) is 13.6 Å². The molecule has 0 aliphatic heterocycles. The molecule has 2 nitrogen and oxygen atoms in total. The van der Waals surface area contributed by atoms with Gasteiger partial charge < -0.3 is 11.1 Å². The van der Waals surface area contributed by atoms with Crippen molar-refractivity contribution in [1.82, 2.24) is 5.32 Å². The van der Waals surface area contributed by atoms with Gasteiger partial charge in [0.2, 0.25) is 0 Å². The Morgan fingerprint density at radius 3 is 1.91 bits per heavy atom. The van der Waals surface area contributed by atoms with Crippen LogP contribution in [0.15, 0.2) is 0 Å². The van der Waals surface area contributed by atoms with E-state index in [0.29, 0.717) is 5.54 Å². The van der Waals surface area contributed by atoms with Crippen molar-refractivity contribution in [3.8, 4) is 0 Å². The predicted molar refractivity (Wildman–Crippen MR) is 46.3 cm³/mol. The molecule has 3 N–H and O–H groups in total. The fourth-order valence-electron chi connectivity index (χ4n) is 2.37. The summed E-state index contributed by atoms with van der Waals surface area (Å²) in [5.41, 5.74) is 6.17. The third-order valence-electron chi connectivity index (χ3n) is 3.41. The molecule has 2 saturated carbocycles. The van der Waals surface area contributed by atoms with E-state index in [1.54, 1.807) is 0 Å². The van der Waals surface area contributed by atoms with Crippen LogP contribution in [-0.4, -0.2) is 19.1 Å². The molecule has 0 atom stereocenters. The van der Waals surface area contributed by atoms with Crippen LogP contribution in [-0.2, 0) is 0 Å². The third kappa shape index (κ3) is 1.09. The zero-order valence-corrected chi connectivity index (χ0v) is 7.27. The second-order valence-electron chi connectivity index (χ2n) is 4.04. The molecule has 0 radical (unpaired) electrons. The summed E-state index contributed by atoms with van der Waals surface area (Å²) in [6, 6.07) is 0. The molecule has 2 aliphatic rings. The molecule has 0 aromatic rings. The zero-order valence-electron chi connectivity index (χ0n) is 7.27. The average molecular weight is 154 g/mol. The minimum Gasteiger partial charge on any atom is -0.329 e. The summed E-state index contributed by atoms with van der Waals surface area (Å²) in [6.07, 6.45) is 5.59. The van der Waals surface area contributed by atoms with Gasteiger partial charge in [-0.15, -0.1) is 0 Å². The van der Waals surface area contributed by atoms with E-state index < -0.39 is 0 Å². The van der Waals surface area contributed by atoms with Crippen molar-refractivity contribution in [2.24, 2.45) is 17.6 Å². The van der Waals surface area contributed by atoms with E-state index in [4.69, 9.17) is 5.73 Å². The van der Waals surface area contributed by atoms with E-state index in [1.807, 2.05) is 0 Å². The second-order valence-corrected chi connectivity index (χ2v) is 4.04. The van der Waals surface area contributed by atoms with E-state index in [9.17, 15) is 0 Å². The minimum atomic E-state index is 0.333. The second kappa shape index (κ2) is 2.46. The molecule has 0 unspecified atom stereocenters. The van der Waals surface area contributed by atoms with Gasteiger partial charge in [-0.1, -0.05) is 0 Å². The lowest BCUT2D eigenvalue weighted by atomic mass is 9.88. The van der Waals surface area contributed by atoms with Crippen molar-refractivity contribution in [3.63, 3.8) is 0 Å². The monoisotopic (exact) mass is 154 g/mol. The van der Waals surface area contributed by atoms with Gasteiger partial charge in [-0.05, 0) is 44.6 Å². The molecule has 2 aliphatic carbocycles. The normalized spacial score (nSPS) is 25.6. The van der Waals surface area contributed by atoms with Crippen molar-refractivity contribution < 1.29 is 0 Å². The summed E-state index contributed by atoms with van der Waals surface area (Å²) in [4.78, 5) is 0. The Bertz CT molecular complexity index is 130. The Morgan fingerprint density at radius 2 is 1.73 bits per heavy atom. The quantitative estimate of drug-likeness (QED) is 0.626. The molecule has 0 heterocycles. The maximum absolute atomic E-state index is 5.84. The highest BCUT2D eigenvalue weighted by Crippen LogP contribution is 2.51. The van der Waals surface area contributed by atoms with Crippen LogP contribution in [0.4, 0.5) is 0 Å². The molecule has 64 valence electrons. The lowest BCUT2D eigenvalue weighted by molar-refractivity contribution is 0.269. The minimum absolute atomic E-state index is 0.333. The zero-order chi connectivity index (χ0) is 7.90. The van der Waals surface area contributed by atoms with Crippen LogP contribution in [0.25, 0.3) is 0 Å². The molecule has 0 aromatic heterocycles. The first-order chi connectivity index (χ1) is 5.33. The maximum atomic E-state index is 5.84. The van der Waals surface area contributed by atoms with Gasteiger partial charge in [-0.25, -0.2) is 0 Å². The van der Waals surface area contributed by atoms with Crippen LogP contribution < -0.4 is 11.1 Å². The Hall–Kier alpha value is -0.0800. The van der Waals surface area contributed by atoms with Gasteiger partial charge in [0.05, 0.1) is 0 Å². The fourth-order valence-corrected chi connectivity index (χ4v) is 2.37. The number of hydrogen-bond acceptors (Lipinski definition) is 2. The first kappa shape index (κ1) is 7.56. The van der Waals surface area contributed by atoms with Gasteiger partial charge in [0.1, 0.15) is 0 Å². The summed E-state index contributed by atoms with van der Waals surface area (Å²) in [5, 5.41) is 3.46. The first-order valence-electron chi connectivity index (χ1n) is 4.72. The molecular formula is C9H18N2. The maximum Gasteiger partial charge on any atom is 0.0358 e. The first-order valence-corrected chi connectivity index (χ1v) is 4.72. The molecule has 0 bridgehead atoms. The van der Waals surface area contributed by atoms with Crippen LogP contribution in [0.2, 0.25) is 0 Å². The molecule has 0 saturated heterocycles. The fraction of sp³-hybridized carbons (Fsp3) is 1.00. The Labute approximate surface area is 68.5 Å². The molecule has 11 heavy (non-hydrogen) atoms. The van der Waals surface area contributed by atoms with Crippen molar-refractivity contribution in [1.29, 1.82) is 0 Å². The SMILES string of the molecule is CNC(CN)(C1CC1)C1CC1. The van der Waals surface area contributed by atoms with Crippen LogP contribution in [0.3, 0.4) is 0 Å². The molecule has 2 fully saturated rings. The van der Waals surface area contributed by atoms with Gasteiger partial charge in [0.15, 0.2) is 0 Å². The van der Waals surface area contributed by atoms with E-state index in [-0.39, 0.29) is 0 Å². The van der Waals surface area contributed by atoms with E-state index in [1.165, 1.54) is 25.7 Å². The average Bonchev–Trinajstić information content (AvgIpc) is 2.87. The Balaban J connectivity index is 2.07. The van der Waals surface area contributed by atoms with Crippen molar-refractivity contribution in [3.05, 3.63) is 0 Å². The molecule has 0 amide bonds. The number of likely N-dealkylation sites (N-methyl/N-ethyl adjacent to an activating group) is 1. The van der Waals surface area contributed by atoms with Crippen LogP contribution in [0, 0.1) is 11.8 Å². The summed E-state index contributed by atoms with van der Waals surface area (Å²) in [6.45, 7) is 0.832. The lowest BCUT2D eigenvalue weighted by Crippen LogP contribution is -2.53. The van der Waals surface area contributed by atoms with Gasteiger partial charge in [0, 0.05) is 12.1 Å². The molecule has 0 spiro atoms. The summed E-state index contributed by atoms with van der Waals surface area (Å²) in [7, 11) is 2.07.